The first-order valence-corrected chi connectivity index (χ1v) is 14.5. The first kappa shape index (κ1) is 29.0. The van der Waals surface area contributed by atoms with Crippen LogP contribution in [-0.4, -0.2) is 28.9 Å². The molecular weight excluding hydrogens is 492 g/mol. The number of amidine groups is 1. The third-order valence-electron chi connectivity index (χ3n) is 9.16. The van der Waals surface area contributed by atoms with Crippen LogP contribution in [0.5, 0.6) is 0 Å². The Morgan fingerprint density at radius 3 is 2.00 bits per heavy atom. The summed E-state index contributed by atoms with van der Waals surface area (Å²) >= 11 is 0. The maximum atomic E-state index is 13.2. The summed E-state index contributed by atoms with van der Waals surface area (Å²) in [5.74, 6) is 2.21. The van der Waals surface area contributed by atoms with Crippen LogP contribution in [0.2, 0.25) is 0 Å². The standard InChI is InChI=1S/C31H46N4O4/c1-14-9-16(3)24(17(4)10-14)30(36)39-27-21(8)23(35-29(27)33)13-22-20(7)25(28(32)34-22)31(37)38-26-18(5)11-15(2)12-19(26)6/h13-19,24,26,34H,9-12,32H2,1-8H3,(H2,33,35). The summed E-state index contributed by atoms with van der Waals surface area (Å²) in [4.78, 5) is 34.0. The van der Waals surface area contributed by atoms with Gasteiger partial charge < -0.3 is 25.9 Å². The molecule has 8 nitrogen and oxygen atoms in total. The van der Waals surface area contributed by atoms with E-state index < -0.39 is 5.97 Å². The lowest BCUT2D eigenvalue weighted by Crippen LogP contribution is -2.37. The number of aliphatic imine (C=N–C) groups is 1. The summed E-state index contributed by atoms with van der Waals surface area (Å²) in [7, 11) is 0. The topological polar surface area (TPSA) is 133 Å². The molecule has 4 unspecified atom stereocenters. The minimum absolute atomic E-state index is 0.135. The molecular formula is C31H46N4O4. The van der Waals surface area contributed by atoms with Crippen molar-refractivity contribution in [3.8, 4) is 0 Å². The van der Waals surface area contributed by atoms with Crippen LogP contribution in [0.3, 0.4) is 0 Å². The molecule has 1 aromatic heterocycles. The second-order valence-corrected chi connectivity index (χ2v) is 12.8. The van der Waals surface area contributed by atoms with Gasteiger partial charge in [0.2, 0.25) is 0 Å². The number of anilines is 1. The second-order valence-electron chi connectivity index (χ2n) is 12.8. The van der Waals surface area contributed by atoms with Crippen molar-refractivity contribution in [2.75, 3.05) is 5.73 Å². The Morgan fingerprint density at radius 1 is 0.897 bits per heavy atom. The number of nitrogen functional groups attached to an aromatic ring is 1. The van der Waals surface area contributed by atoms with E-state index in [0.717, 1.165) is 25.7 Å². The highest BCUT2D eigenvalue weighted by molar-refractivity contribution is 6.03. The first-order chi connectivity index (χ1) is 18.3. The molecule has 0 radical (unpaired) electrons. The molecule has 8 heteroatoms. The molecule has 2 heterocycles. The number of aromatic amines is 1. The minimum Gasteiger partial charge on any atom is -0.458 e. The molecule has 2 aliphatic carbocycles. The molecule has 3 aliphatic rings. The molecule has 2 fully saturated rings. The summed E-state index contributed by atoms with van der Waals surface area (Å²) in [5.41, 5.74) is 15.4. The number of nitrogens with zero attached hydrogens (tertiary/aromatic N) is 1. The smallest absolute Gasteiger partial charge is 0.342 e. The van der Waals surface area contributed by atoms with Crippen molar-refractivity contribution in [2.45, 2.75) is 87.2 Å². The van der Waals surface area contributed by atoms with E-state index in [1.165, 1.54) is 0 Å². The van der Waals surface area contributed by atoms with Gasteiger partial charge in [0.15, 0.2) is 11.6 Å². The lowest BCUT2D eigenvalue weighted by atomic mass is 9.69. The van der Waals surface area contributed by atoms with E-state index in [-0.39, 0.29) is 41.5 Å². The van der Waals surface area contributed by atoms with Gasteiger partial charge in [0, 0.05) is 11.3 Å². The molecule has 4 atom stereocenters. The van der Waals surface area contributed by atoms with Crippen molar-refractivity contribution in [3.05, 3.63) is 33.9 Å². The van der Waals surface area contributed by atoms with Crippen LogP contribution in [0, 0.1) is 48.3 Å². The molecule has 0 bridgehead atoms. The van der Waals surface area contributed by atoms with E-state index in [1.807, 2.05) is 13.8 Å². The van der Waals surface area contributed by atoms with E-state index in [1.54, 1.807) is 6.08 Å². The lowest BCUT2D eigenvalue weighted by Gasteiger charge is -2.37. The van der Waals surface area contributed by atoms with Gasteiger partial charge in [-0.15, -0.1) is 0 Å². The number of allylic oxidation sites excluding steroid dienone is 1. The fourth-order valence-corrected chi connectivity index (χ4v) is 7.49. The predicted molar refractivity (Wildman–Crippen MR) is 154 cm³/mol. The number of hydrogen-bond acceptors (Lipinski definition) is 7. The number of carbonyl (C=O) groups is 2. The van der Waals surface area contributed by atoms with E-state index >= 15 is 0 Å². The van der Waals surface area contributed by atoms with Crippen molar-refractivity contribution >= 4 is 29.7 Å². The number of esters is 2. The van der Waals surface area contributed by atoms with Gasteiger partial charge in [-0.25, -0.2) is 9.79 Å². The number of H-pyrrole nitrogens is 1. The third-order valence-corrected chi connectivity index (χ3v) is 9.16. The van der Waals surface area contributed by atoms with Crippen molar-refractivity contribution < 1.29 is 19.1 Å². The Kier molecular flexibility index (Phi) is 8.33. The fraction of sp³-hybridized carbons (Fsp3) is 0.645. The van der Waals surface area contributed by atoms with Crippen LogP contribution in [0.15, 0.2) is 22.0 Å². The minimum atomic E-state index is -0.412. The van der Waals surface area contributed by atoms with Gasteiger partial charge in [-0.2, -0.15) is 0 Å². The van der Waals surface area contributed by atoms with Gasteiger partial charge in [0.25, 0.3) is 0 Å². The number of ether oxygens (including phenoxy) is 2. The highest BCUT2D eigenvalue weighted by Gasteiger charge is 2.39. The van der Waals surface area contributed by atoms with Crippen molar-refractivity contribution in [2.24, 2.45) is 52.2 Å². The predicted octanol–water partition coefficient (Wildman–Crippen LogP) is 5.98. The maximum Gasteiger partial charge on any atom is 0.342 e. The molecule has 0 amide bonds. The first-order valence-electron chi connectivity index (χ1n) is 14.5. The molecule has 214 valence electrons. The molecule has 4 rings (SSSR count). The zero-order chi connectivity index (χ0) is 28.8. The van der Waals surface area contributed by atoms with Gasteiger partial charge in [-0.3, -0.25) is 4.79 Å². The number of nitrogens with two attached hydrogens (primary N) is 2. The Labute approximate surface area is 232 Å². The number of hydrogen-bond donors (Lipinski definition) is 3. The van der Waals surface area contributed by atoms with E-state index in [0.29, 0.717) is 57.5 Å². The Morgan fingerprint density at radius 2 is 1.44 bits per heavy atom. The summed E-state index contributed by atoms with van der Waals surface area (Å²) < 4.78 is 11.9. The van der Waals surface area contributed by atoms with E-state index in [9.17, 15) is 9.59 Å². The largest absolute Gasteiger partial charge is 0.458 e. The van der Waals surface area contributed by atoms with Crippen molar-refractivity contribution in [3.63, 3.8) is 0 Å². The van der Waals surface area contributed by atoms with Crippen LogP contribution in [0.4, 0.5) is 5.82 Å². The van der Waals surface area contributed by atoms with E-state index in [4.69, 9.17) is 20.9 Å². The number of rotatable bonds is 5. The van der Waals surface area contributed by atoms with Crippen LogP contribution in [0.25, 0.3) is 6.08 Å². The third kappa shape index (κ3) is 5.80. The molecule has 5 N–H and O–H groups in total. The number of carbonyl (C=O) groups excluding carboxylic acids is 2. The number of nitrogens with one attached hydrogen (secondary N) is 1. The molecule has 0 saturated heterocycles. The highest BCUT2D eigenvalue weighted by atomic mass is 16.5. The summed E-state index contributed by atoms with van der Waals surface area (Å²) in [6.07, 6.45) is 5.74. The highest BCUT2D eigenvalue weighted by Crippen LogP contribution is 2.40. The average molecular weight is 539 g/mol. The van der Waals surface area contributed by atoms with Gasteiger partial charge in [0.05, 0.1) is 11.6 Å². The molecule has 0 spiro atoms. The molecule has 0 aromatic carbocycles. The second kappa shape index (κ2) is 11.2. The van der Waals surface area contributed by atoms with Gasteiger partial charge in [0.1, 0.15) is 17.5 Å². The zero-order valence-corrected chi connectivity index (χ0v) is 24.8. The summed E-state index contributed by atoms with van der Waals surface area (Å²) in [5, 5.41) is 0. The lowest BCUT2D eigenvalue weighted by molar-refractivity contribution is -0.149. The van der Waals surface area contributed by atoms with Gasteiger partial charge in [-0.1, -0.05) is 41.5 Å². The Bertz CT molecular complexity index is 1200. The van der Waals surface area contributed by atoms with Crippen molar-refractivity contribution in [1.29, 1.82) is 0 Å². The van der Waals surface area contributed by atoms with Crippen LogP contribution >= 0.6 is 0 Å². The molecule has 2 saturated carbocycles. The monoisotopic (exact) mass is 538 g/mol. The zero-order valence-electron chi connectivity index (χ0n) is 24.8. The van der Waals surface area contributed by atoms with Crippen LogP contribution in [-0.2, 0) is 14.3 Å². The van der Waals surface area contributed by atoms with E-state index in [2.05, 4.69) is 51.5 Å². The normalized spacial score (nSPS) is 34.3. The Balaban J connectivity index is 1.53. The summed E-state index contributed by atoms with van der Waals surface area (Å²) in [6, 6.07) is 0. The van der Waals surface area contributed by atoms with Crippen molar-refractivity contribution in [1.82, 2.24) is 4.98 Å². The maximum absolute atomic E-state index is 13.2. The number of aromatic nitrogens is 1. The fourth-order valence-electron chi connectivity index (χ4n) is 7.49. The average Bonchev–Trinajstić information content (AvgIpc) is 3.24. The SMILES string of the molecule is CC1=C(OC(=O)C2C(C)CC(C)CC2C)C(N)=NC1=Cc1[nH]c(N)c(C(=O)OC2C(C)CC(C)CC2C)c1C. The van der Waals surface area contributed by atoms with Crippen LogP contribution < -0.4 is 11.5 Å². The molecule has 1 aliphatic heterocycles. The Hall–Kier alpha value is -3.03. The van der Waals surface area contributed by atoms with Crippen LogP contribution in [0.1, 0.15) is 95.8 Å². The van der Waals surface area contributed by atoms with Gasteiger partial charge >= 0.3 is 11.9 Å². The summed E-state index contributed by atoms with van der Waals surface area (Å²) in [6.45, 7) is 16.7. The molecule has 1 aromatic rings. The molecule has 39 heavy (non-hydrogen) atoms. The quantitative estimate of drug-likeness (QED) is 0.395. The van der Waals surface area contributed by atoms with Gasteiger partial charge in [-0.05, 0) is 86.7 Å².